The molecule has 0 radical (unpaired) electrons. The molecule has 0 unspecified atom stereocenters. The molecule has 3 aromatic carbocycles. The largest absolute Gasteiger partial charge is 0.490 e. The fourth-order valence-corrected chi connectivity index (χ4v) is 3.84. The molecule has 0 aliphatic carbocycles. The maximum absolute atomic E-state index is 13.2. The topological polar surface area (TPSA) is 123 Å². The molecule has 0 aromatic heterocycles. The summed E-state index contributed by atoms with van der Waals surface area (Å²) in [5.74, 6) is -1.52. The zero-order chi connectivity index (χ0) is 29.1. The number of ether oxygens (including phenoxy) is 3. The molecule has 0 saturated heterocycles. The van der Waals surface area contributed by atoms with Gasteiger partial charge in [-0.2, -0.15) is 0 Å². The van der Waals surface area contributed by atoms with Crippen LogP contribution in [-0.4, -0.2) is 54.9 Å². The second-order valence-corrected chi connectivity index (χ2v) is 8.67. The molecule has 3 rings (SSSR count). The lowest BCUT2D eigenvalue weighted by atomic mass is 10.1. The van der Waals surface area contributed by atoms with E-state index in [0.29, 0.717) is 30.3 Å². The average Bonchev–Trinajstić information content (AvgIpc) is 2.92. The Labute approximate surface area is 233 Å². The fourth-order valence-electron chi connectivity index (χ4n) is 3.84. The molecular weight excluding hydrogens is 514 g/mol. The van der Waals surface area contributed by atoms with E-state index in [4.69, 9.17) is 14.2 Å². The lowest BCUT2D eigenvalue weighted by molar-refractivity contribution is -0.132. The summed E-state index contributed by atoms with van der Waals surface area (Å²) in [6, 6.07) is 17.6. The van der Waals surface area contributed by atoms with Gasteiger partial charge in [0.25, 0.3) is 11.8 Å². The van der Waals surface area contributed by atoms with Crippen molar-refractivity contribution in [2.24, 2.45) is 0 Å². The van der Waals surface area contributed by atoms with Gasteiger partial charge in [0.1, 0.15) is 23.9 Å². The molecule has 0 bridgehead atoms. The number of nitrogens with zero attached hydrogens (tertiary/aromatic N) is 1. The first-order chi connectivity index (χ1) is 19.2. The van der Waals surface area contributed by atoms with E-state index < -0.39 is 23.8 Å². The van der Waals surface area contributed by atoms with Gasteiger partial charge in [-0.1, -0.05) is 38.1 Å². The lowest BCUT2D eigenvalue weighted by Gasteiger charge is -2.20. The third-order valence-corrected chi connectivity index (χ3v) is 5.82. The molecule has 10 heteroatoms. The number of nitrogens with one attached hydrogen (secondary N) is 2. The standard InChI is InChI=1S/C30H33N3O7/c1-5-33(6-2)17-18-38-28-16-15-22(31-29(36)23-11-7-9-13-26(23)39-20(3)34)19-25(28)32-30(37)24-12-8-10-14-27(24)40-21(4)35/h7-16,19H,5-6,17-18H2,1-4H3,(H,31,36)(H,32,37). The Morgan fingerprint density at radius 1 is 0.700 bits per heavy atom. The van der Waals surface area contributed by atoms with E-state index in [1.54, 1.807) is 42.5 Å². The van der Waals surface area contributed by atoms with Crippen LogP contribution in [0, 0.1) is 0 Å². The van der Waals surface area contributed by atoms with Crippen LogP contribution in [0.5, 0.6) is 17.2 Å². The first-order valence-corrected chi connectivity index (χ1v) is 12.9. The van der Waals surface area contributed by atoms with Crippen molar-refractivity contribution < 1.29 is 33.4 Å². The van der Waals surface area contributed by atoms with Crippen molar-refractivity contribution in [2.75, 3.05) is 36.9 Å². The molecule has 210 valence electrons. The van der Waals surface area contributed by atoms with E-state index >= 15 is 0 Å². The molecule has 3 aromatic rings. The van der Waals surface area contributed by atoms with Gasteiger partial charge in [-0.25, -0.2) is 0 Å². The van der Waals surface area contributed by atoms with Crippen LogP contribution >= 0.6 is 0 Å². The molecule has 2 N–H and O–H groups in total. The van der Waals surface area contributed by atoms with Crippen molar-refractivity contribution in [2.45, 2.75) is 27.7 Å². The first kappa shape index (κ1) is 29.9. The van der Waals surface area contributed by atoms with Gasteiger partial charge in [0, 0.05) is 26.1 Å². The third kappa shape index (κ3) is 8.40. The van der Waals surface area contributed by atoms with E-state index in [1.807, 2.05) is 0 Å². The highest BCUT2D eigenvalue weighted by molar-refractivity contribution is 6.09. The number of benzene rings is 3. The van der Waals surface area contributed by atoms with Crippen molar-refractivity contribution in [1.29, 1.82) is 0 Å². The van der Waals surface area contributed by atoms with Crippen molar-refractivity contribution in [3.8, 4) is 17.2 Å². The summed E-state index contributed by atoms with van der Waals surface area (Å²) in [6.45, 7) is 9.42. The van der Waals surface area contributed by atoms with Gasteiger partial charge < -0.3 is 29.7 Å². The van der Waals surface area contributed by atoms with Gasteiger partial charge in [0.05, 0.1) is 16.8 Å². The summed E-state index contributed by atoms with van der Waals surface area (Å²) in [7, 11) is 0. The number of carbonyl (C=O) groups is 4. The molecule has 0 spiro atoms. The van der Waals surface area contributed by atoms with Gasteiger partial charge in [-0.05, 0) is 55.6 Å². The summed E-state index contributed by atoms with van der Waals surface area (Å²) in [6.07, 6.45) is 0. The van der Waals surface area contributed by atoms with Gasteiger partial charge >= 0.3 is 11.9 Å². The number of hydrogen-bond donors (Lipinski definition) is 2. The summed E-state index contributed by atoms with van der Waals surface area (Å²) in [5.41, 5.74) is 0.977. The van der Waals surface area contributed by atoms with Crippen molar-refractivity contribution >= 4 is 35.1 Å². The minimum absolute atomic E-state index is 0.114. The number of amides is 2. The fraction of sp³-hybridized carbons (Fsp3) is 0.267. The zero-order valence-electron chi connectivity index (χ0n) is 23.0. The lowest BCUT2D eigenvalue weighted by Crippen LogP contribution is -2.28. The van der Waals surface area contributed by atoms with Gasteiger partial charge in [0.15, 0.2) is 0 Å². The molecule has 10 nitrogen and oxygen atoms in total. The number of rotatable bonds is 12. The minimum Gasteiger partial charge on any atom is -0.490 e. The van der Waals surface area contributed by atoms with E-state index in [1.165, 1.54) is 38.1 Å². The highest BCUT2D eigenvalue weighted by Crippen LogP contribution is 2.31. The first-order valence-electron chi connectivity index (χ1n) is 12.9. The van der Waals surface area contributed by atoms with E-state index in [9.17, 15) is 19.2 Å². The Kier molecular flexibility index (Phi) is 10.8. The van der Waals surface area contributed by atoms with Crippen LogP contribution in [0.1, 0.15) is 48.4 Å². The highest BCUT2D eigenvalue weighted by Gasteiger charge is 2.18. The van der Waals surface area contributed by atoms with Crippen molar-refractivity contribution in [3.05, 3.63) is 77.9 Å². The minimum atomic E-state index is -0.556. The summed E-state index contributed by atoms with van der Waals surface area (Å²) < 4.78 is 16.3. The number of anilines is 2. The normalized spacial score (nSPS) is 10.5. The van der Waals surface area contributed by atoms with Gasteiger partial charge in [-0.3, -0.25) is 19.2 Å². The highest BCUT2D eigenvalue weighted by atomic mass is 16.5. The number of likely N-dealkylation sites (N-methyl/N-ethyl adjacent to an activating group) is 1. The van der Waals surface area contributed by atoms with Crippen LogP contribution in [0.2, 0.25) is 0 Å². The Hall–Kier alpha value is -4.70. The van der Waals surface area contributed by atoms with Crippen molar-refractivity contribution in [1.82, 2.24) is 4.90 Å². The van der Waals surface area contributed by atoms with Crippen LogP contribution in [-0.2, 0) is 9.59 Å². The maximum atomic E-state index is 13.2. The molecule has 2 amide bonds. The SMILES string of the molecule is CCN(CC)CCOc1ccc(NC(=O)c2ccccc2OC(C)=O)cc1NC(=O)c1ccccc1OC(C)=O. The average molecular weight is 548 g/mol. The van der Waals surface area contributed by atoms with Crippen LogP contribution in [0.4, 0.5) is 11.4 Å². The third-order valence-electron chi connectivity index (χ3n) is 5.82. The van der Waals surface area contributed by atoms with Crippen molar-refractivity contribution in [3.63, 3.8) is 0 Å². The predicted octanol–water partition coefficient (Wildman–Crippen LogP) is 4.76. The summed E-state index contributed by atoms with van der Waals surface area (Å²) >= 11 is 0. The van der Waals surface area contributed by atoms with E-state index in [-0.39, 0.29) is 22.6 Å². The number of carbonyl (C=O) groups excluding carboxylic acids is 4. The summed E-state index contributed by atoms with van der Waals surface area (Å²) in [4.78, 5) is 51.5. The van der Waals surface area contributed by atoms with Crippen LogP contribution in [0.15, 0.2) is 66.7 Å². The monoisotopic (exact) mass is 547 g/mol. The molecular formula is C30H33N3O7. The maximum Gasteiger partial charge on any atom is 0.308 e. The van der Waals surface area contributed by atoms with Gasteiger partial charge in [-0.15, -0.1) is 0 Å². The van der Waals surface area contributed by atoms with Crippen LogP contribution in [0.25, 0.3) is 0 Å². The van der Waals surface area contributed by atoms with Crippen LogP contribution in [0.3, 0.4) is 0 Å². The second kappa shape index (κ2) is 14.5. The molecule has 40 heavy (non-hydrogen) atoms. The Morgan fingerprint density at radius 2 is 1.23 bits per heavy atom. The Balaban J connectivity index is 1.89. The van der Waals surface area contributed by atoms with Gasteiger partial charge in [0.2, 0.25) is 0 Å². The molecule has 0 atom stereocenters. The quantitative estimate of drug-likeness (QED) is 0.246. The number of hydrogen-bond acceptors (Lipinski definition) is 8. The molecule has 0 aliphatic rings. The Morgan fingerprint density at radius 3 is 1.75 bits per heavy atom. The van der Waals surface area contributed by atoms with E-state index in [0.717, 1.165) is 13.1 Å². The second-order valence-electron chi connectivity index (χ2n) is 8.67. The molecule has 0 aliphatic heterocycles. The van der Waals surface area contributed by atoms with E-state index in [2.05, 4.69) is 29.4 Å². The predicted molar refractivity (Wildman–Crippen MR) is 151 cm³/mol. The molecule has 0 fully saturated rings. The zero-order valence-corrected chi connectivity index (χ0v) is 23.0. The number of esters is 2. The summed E-state index contributed by atoms with van der Waals surface area (Å²) in [5, 5.41) is 5.58. The smallest absolute Gasteiger partial charge is 0.308 e. The Bertz CT molecular complexity index is 1370. The molecule has 0 heterocycles. The van der Waals surface area contributed by atoms with Crippen LogP contribution < -0.4 is 24.8 Å². The number of para-hydroxylation sites is 2. The molecule has 0 saturated carbocycles.